The zero-order valence-corrected chi connectivity index (χ0v) is 9.33. The molecule has 1 atom stereocenters. The fraction of sp³-hybridized carbons (Fsp3) is 0.500. The van der Waals surface area contributed by atoms with Crippen molar-refractivity contribution >= 4 is 5.69 Å². The van der Waals surface area contributed by atoms with Crippen LogP contribution in [0.2, 0.25) is 0 Å². The highest BCUT2D eigenvalue weighted by Crippen LogP contribution is 2.22. The molecule has 0 aliphatic carbocycles. The van der Waals surface area contributed by atoms with Gasteiger partial charge in [-0.3, -0.25) is 0 Å². The topological polar surface area (TPSA) is 29.3 Å². The van der Waals surface area contributed by atoms with Crippen LogP contribution in [0.4, 0.5) is 5.69 Å². The maximum atomic E-state index is 5.55. The molecule has 2 nitrogen and oxygen atoms in total. The van der Waals surface area contributed by atoms with Crippen LogP contribution in [0, 0.1) is 0 Å². The Balaban J connectivity index is 2.82. The molecule has 0 saturated carbocycles. The van der Waals surface area contributed by atoms with Crippen molar-refractivity contribution in [1.29, 1.82) is 0 Å². The summed E-state index contributed by atoms with van der Waals surface area (Å²) in [4.78, 5) is 2.12. The smallest absolute Gasteiger partial charge is 0.0363 e. The minimum atomic E-state index is 0.555. The second-order valence-corrected chi connectivity index (χ2v) is 3.97. The van der Waals surface area contributed by atoms with Gasteiger partial charge in [0.25, 0.3) is 0 Å². The number of rotatable bonds is 4. The fourth-order valence-corrected chi connectivity index (χ4v) is 1.53. The summed E-state index contributed by atoms with van der Waals surface area (Å²) in [6, 6.07) is 8.64. The van der Waals surface area contributed by atoms with E-state index < -0.39 is 0 Å². The summed E-state index contributed by atoms with van der Waals surface area (Å²) >= 11 is 0. The zero-order chi connectivity index (χ0) is 10.6. The molecule has 0 spiro atoms. The molecule has 0 bridgehead atoms. The van der Waals surface area contributed by atoms with Crippen molar-refractivity contribution in [3.05, 3.63) is 29.8 Å². The lowest BCUT2D eigenvalue weighted by molar-refractivity contribution is 0.690. The molecule has 2 heteroatoms. The Labute approximate surface area is 86.7 Å². The molecular weight excluding hydrogens is 172 g/mol. The van der Waals surface area contributed by atoms with Gasteiger partial charge in [0.05, 0.1) is 0 Å². The number of benzene rings is 1. The highest BCUT2D eigenvalue weighted by Gasteiger charge is 2.05. The Hall–Kier alpha value is -1.02. The molecule has 0 amide bonds. The lowest BCUT2D eigenvalue weighted by Crippen LogP contribution is -2.10. The van der Waals surface area contributed by atoms with Gasteiger partial charge in [0, 0.05) is 19.8 Å². The van der Waals surface area contributed by atoms with Gasteiger partial charge in [-0.25, -0.2) is 0 Å². The number of hydrogen-bond acceptors (Lipinski definition) is 2. The maximum Gasteiger partial charge on any atom is 0.0363 e. The second kappa shape index (κ2) is 5.01. The average molecular weight is 192 g/mol. The van der Waals surface area contributed by atoms with Gasteiger partial charge >= 0.3 is 0 Å². The van der Waals surface area contributed by atoms with Gasteiger partial charge in [-0.2, -0.15) is 0 Å². The summed E-state index contributed by atoms with van der Waals surface area (Å²) in [5.74, 6) is 0.555. The Morgan fingerprint density at radius 3 is 2.64 bits per heavy atom. The van der Waals surface area contributed by atoms with E-state index in [2.05, 4.69) is 50.2 Å². The quantitative estimate of drug-likeness (QED) is 0.792. The van der Waals surface area contributed by atoms with Crippen LogP contribution in [0.5, 0.6) is 0 Å². The number of hydrogen-bond donors (Lipinski definition) is 1. The average Bonchev–Trinajstić information content (AvgIpc) is 2.18. The first-order chi connectivity index (χ1) is 6.65. The molecule has 14 heavy (non-hydrogen) atoms. The third-order valence-corrected chi connectivity index (χ3v) is 2.56. The molecule has 0 aliphatic rings. The molecule has 1 unspecified atom stereocenters. The van der Waals surface area contributed by atoms with Crippen LogP contribution in [-0.4, -0.2) is 20.6 Å². The molecular formula is C12H20N2. The molecule has 0 heterocycles. The minimum absolute atomic E-state index is 0.555. The zero-order valence-electron chi connectivity index (χ0n) is 9.33. The Morgan fingerprint density at radius 1 is 1.36 bits per heavy atom. The molecule has 1 rings (SSSR count). The van der Waals surface area contributed by atoms with E-state index in [0.29, 0.717) is 5.92 Å². The van der Waals surface area contributed by atoms with Crippen molar-refractivity contribution in [2.75, 3.05) is 25.5 Å². The monoisotopic (exact) mass is 192 g/mol. The maximum absolute atomic E-state index is 5.55. The Bertz CT molecular complexity index is 281. The summed E-state index contributed by atoms with van der Waals surface area (Å²) in [6.07, 6.45) is 1.05. The molecule has 1 aromatic carbocycles. The molecule has 0 saturated heterocycles. The van der Waals surface area contributed by atoms with Gasteiger partial charge in [-0.15, -0.1) is 0 Å². The third-order valence-electron chi connectivity index (χ3n) is 2.56. The Kier molecular flexibility index (Phi) is 3.96. The predicted molar refractivity (Wildman–Crippen MR) is 62.9 cm³/mol. The van der Waals surface area contributed by atoms with Crippen molar-refractivity contribution in [2.24, 2.45) is 5.73 Å². The Morgan fingerprint density at radius 2 is 2.07 bits per heavy atom. The number of anilines is 1. The predicted octanol–water partition coefficient (Wildman–Crippen LogP) is 2.20. The molecule has 0 radical (unpaired) electrons. The van der Waals surface area contributed by atoms with E-state index >= 15 is 0 Å². The first-order valence-corrected chi connectivity index (χ1v) is 5.12. The lowest BCUT2D eigenvalue weighted by atomic mass is 9.97. The second-order valence-electron chi connectivity index (χ2n) is 3.97. The van der Waals surface area contributed by atoms with E-state index in [1.54, 1.807) is 0 Å². The number of nitrogens with zero attached hydrogens (tertiary/aromatic N) is 1. The normalized spacial score (nSPS) is 12.6. The van der Waals surface area contributed by atoms with E-state index in [-0.39, 0.29) is 0 Å². The van der Waals surface area contributed by atoms with E-state index in [9.17, 15) is 0 Å². The minimum Gasteiger partial charge on any atom is -0.378 e. The third kappa shape index (κ3) is 2.74. The van der Waals surface area contributed by atoms with Crippen molar-refractivity contribution in [3.8, 4) is 0 Å². The summed E-state index contributed by atoms with van der Waals surface area (Å²) in [6.45, 7) is 2.98. The van der Waals surface area contributed by atoms with E-state index in [0.717, 1.165) is 13.0 Å². The van der Waals surface area contributed by atoms with Crippen LogP contribution in [0.3, 0.4) is 0 Å². The summed E-state index contributed by atoms with van der Waals surface area (Å²) in [7, 11) is 4.12. The summed E-state index contributed by atoms with van der Waals surface area (Å²) in [5.41, 5.74) is 8.19. The lowest BCUT2D eigenvalue weighted by Gasteiger charge is -2.16. The van der Waals surface area contributed by atoms with Gasteiger partial charge in [0.1, 0.15) is 0 Å². The van der Waals surface area contributed by atoms with E-state index in [1.807, 2.05) is 0 Å². The van der Waals surface area contributed by atoms with Crippen molar-refractivity contribution in [1.82, 2.24) is 0 Å². The van der Waals surface area contributed by atoms with Crippen LogP contribution >= 0.6 is 0 Å². The molecule has 78 valence electrons. The SMILES string of the molecule is CC(CCN)c1cccc(N(C)C)c1. The molecule has 0 fully saturated rings. The van der Waals surface area contributed by atoms with Crippen molar-refractivity contribution in [2.45, 2.75) is 19.3 Å². The van der Waals surface area contributed by atoms with Gasteiger partial charge < -0.3 is 10.6 Å². The van der Waals surface area contributed by atoms with Crippen LogP contribution in [-0.2, 0) is 0 Å². The summed E-state index contributed by atoms with van der Waals surface area (Å²) < 4.78 is 0. The van der Waals surface area contributed by atoms with E-state index in [1.165, 1.54) is 11.3 Å². The van der Waals surface area contributed by atoms with Crippen LogP contribution in [0.25, 0.3) is 0 Å². The largest absolute Gasteiger partial charge is 0.378 e. The van der Waals surface area contributed by atoms with Crippen molar-refractivity contribution in [3.63, 3.8) is 0 Å². The highest BCUT2D eigenvalue weighted by molar-refractivity contribution is 5.47. The van der Waals surface area contributed by atoms with Crippen LogP contribution in [0.15, 0.2) is 24.3 Å². The number of nitrogens with two attached hydrogens (primary N) is 1. The van der Waals surface area contributed by atoms with Crippen LogP contribution in [0.1, 0.15) is 24.8 Å². The standard InChI is InChI=1S/C12H20N2/c1-10(7-8-13)11-5-4-6-12(9-11)14(2)3/h4-6,9-10H,7-8,13H2,1-3H3. The van der Waals surface area contributed by atoms with Gasteiger partial charge in [-0.1, -0.05) is 19.1 Å². The van der Waals surface area contributed by atoms with Gasteiger partial charge in [0.15, 0.2) is 0 Å². The first-order valence-electron chi connectivity index (χ1n) is 5.12. The van der Waals surface area contributed by atoms with Crippen molar-refractivity contribution < 1.29 is 0 Å². The molecule has 1 aromatic rings. The highest BCUT2D eigenvalue weighted by atomic mass is 15.1. The molecule has 2 N–H and O–H groups in total. The van der Waals surface area contributed by atoms with Crippen LogP contribution < -0.4 is 10.6 Å². The fourth-order valence-electron chi connectivity index (χ4n) is 1.53. The molecule has 0 aliphatic heterocycles. The van der Waals surface area contributed by atoms with Gasteiger partial charge in [-0.05, 0) is 36.6 Å². The first kappa shape index (κ1) is 11.1. The van der Waals surface area contributed by atoms with E-state index in [4.69, 9.17) is 5.73 Å². The molecule has 0 aromatic heterocycles. The summed E-state index contributed by atoms with van der Waals surface area (Å²) in [5, 5.41) is 0. The van der Waals surface area contributed by atoms with Gasteiger partial charge in [0.2, 0.25) is 0 Å².